The van der Waals surface area contributed by atoms with E-state index in [1.807, 2.05) is 36.4 Å². The smallest absolute Gasteiger partial charge is 0.352 e. The lowest BCUT2D eigenvalue weighted by atomic mass is 10.1. The van der Waals surface area contributed by atoms with Crippen molar-refractivity contribution in [2.45, 2.75) is 0 Å². The SMILES string of the molecule is O=C(O)/C(=C/c1cccc(-c2ccccn2)c1)NC(=O)c1ccccc1. The first-order valence-electron chi connectivity index (χ1n) is 7.96. The molecule has 1 aromatic heterocycles. The third-order valence-electron chi connectivity index (χ3n) is 3.67. The number of nitrogens with one attached hydrogen (secondary N) is 1. The largest absolute Gasteiger partial charge is 0.477 e. The van der Waals surface area contributed by atoms with Crippen LogP contribution in [0, 0.1) is 0 Å². The van der Waals surface area contributed by atoms with Crippen molar-refractivity contribution in [3.05, 3.63) is 95.8 Å². The minimum absolute atomic E-state index is 0.197. The molecule has 2 aromatic carbocycles. The standard InChI is InChI=1S/C21H16N2O3/c24-20(16-8-2-1-3-9-16)23-19(21(25)26)14-15-7-6-10-17(13-15)18-11-4-5-12-22-18/h1-14H,(H,23,24)(H,25,26)/b19-14-. The lowest BCUT2D eigenvalue weighted by Crippen LogP contribution is -2.27. The Morgan fingerprint density at radius 2 is 1.69 bits per heavy atom. The van der Waals surface area contributed by atoms with Crippen molar-refractivity contribution < 1.29 is 14.7 Å². The van der Waals surface area contributed by atoms with Crippen LogP contribution in [-0.2, 0) is 4.79 Å². The zero-order chi connectivity index (χ0) is 18.4. The molecular formula is C21H16N2O3. The molecule has 0 saturated carbocycles. The molecule has 1 heterocycles. The first kappa shape index (κ1) is 17.1. The number of benzene rings is 2. The Morgan fingerprint density at radius 3 is 2.38 bits per heavy atom. The fourth-order valence-corrected chi connectivity index (χ4v) is 2.42. The molecular weight excluding hydrogens is 328 g/mol. The van der Waals surface area contributed by atoms with Crippen LogP contribution in [0.15, 0.2) is 84.7 Å². The Kier molecular flexibility index (Phi) is 5.19. The van der Waals surface area contributed by atoms with Gasteiger partial charge >= 0.3 is 5.97 Å². The average Bonchev–Trinajstić information content (AvgIpc) is 2.69. The van der Waals surface area contributed by atoms with E-state index in [0.717, 1.165) is 11.3 Å². The van der Waals surface area contributed by atoms with E-state index in [9.17, 15) is 14.7 Å². The van der Waals surface area contributed by atoms with Crippen molar-refractivity contribution in [2.75, 3.05) is 0 Å². The van der Waals surface area contributed by atoms with Crippen LogP contribution in [0.1, 0.15) is 15.9 Å². The Balaban J connectivity index is 1.88. The summed E-state index contributed by atoms with van der Waals surface area (Å²) in [5, 5.41) is 11.9. The summed E-state index contributed by atoms with van der Waals surface area (Å²) >= 11 is 0. The highest BCUT2D eigenvalue weighted by atomic mass is 16.4. The van der Waals surface area contributed by atoms with Crippen LogP contribution in [-0.4, -0.2) is 22.0 Å². The highest BCUT2D eigenvalue weighted by Crippen LogP contribution is 2.19. The number of rotatable bonds is 5. The number of carboxylic acid groups (broad SMARTS) is 1. The van der Waals surface area contributed by atoms with Crippen LogP contribution in [0.25, 0.3) is 17.3 Å². The average molecular weight is 344 g/mol. The van der Waals surface area contributed by atoms with Gasteiger partial charge < -0.3 is 10.4 Å². The third kappa shape index (κ3) is 4.21. The van der Waals surface area contributed by atoms with Gasteiger partial charge in [-0.15, -0.1) is 0 Å². The topological polar surface area (TPSA) is 79.3 Å². The van der Waals surface area contributed by atoms with Gasteiger partial charge in [0.15, 0.2) is 0 Å². The lowest BCUT2D eigenvalue weighted by molar-refractivity contribution is -0.132. The predicted octanol–water partition coefficient (Wildman–Crippen LogP) is 3.60. The maximum atomic E-state index is 12.2. The molecule has 128 valence electrons. The van der Waals surface area contributed by atoms with Gasteiger partial charge in [0, 0.05) is 17.3 Å². The summed E-state index contributed by atoms with van der Waals surface area (Å²) < 4.78 is 0. The van der Waals surface area contributed by atoms with Crippen LogP contribution >= 0.6 is 0 Å². The molecule has 0 aliphatic carbocycles. The fourth-order valence-electron chi connectivity index (χ4n) is 2.42. The molecule has 5 nitrogen and oxygen atoms in total. The summed E-state index contributed by atoms with van der Waals surface area (Å²) in [6.07, 6.45) is 3.12. The number of carbonyl (C=O) groups excluding carboxylic acids is 1. The molecule has 0 atom stereocenters. The first-order chi connectivity index (χ1) is 12.6. The number of hydrogen-bond acceptors (Lipinski definition) is 3. The molecule has 0 bridgehead atoms. The van der Waals surface area contributed by atoms with E-state index < -0.39 is 11.9 Å². The molecule has 3 aromatic rings. The molecule has 0 aliphatic rings. The molecule has 3 rings (SSSR count). The molecule has 2 N–H and O–H groups in total. The summed E-state index contributed by atoms with van der Waals surface area (Å²) in [6.45, 7) is 0. The summed E-state index contributed by atoms with van der Waals surface area (Å²) in [5.74, 6) is -1.68. The van der Waals surface area contributed by atoms with Crippen molar-refractivity contribution in [1.29, 1.82) is 0 Å². The Labute approximate surface area is 150 Å². The first-order valence-corrected chi connectivity index (χ1v) is 7.96. The Hall–Kier alpha value is -3.73. The second-order valence-corrected chi connectivity index (χ2v) is 5.52. The van der Waals surface area contributed by atoms with E-state index in [-0.39, 0.29) is 5.70 Å². The van der Waals surface area contributed by atoms with Gasteiger partial charge in [-0.3, -0.25) is 9.78 Å². The Morgan fingerprint density at radius 1 is 0.923 bits per heavy atom. The predicted molar refractivity (Wildman–Crippen MR) is 99.2 cm³/mol. The quantitative estimate of drug-likeness (QED) is 0.693. The molecule has 0 fully saturated rings. The second-order valence-electron chi connectivity index (χ2n) is 5.52. The zero-order valence-electron chi connectivity index (χ0n) is 13.8. The zero-order valence-corrected chi connectivity index (χ0v) is 13.8. The third-order valence-corrected chi connectivity index (χ3v) is 3.67. The highest BCUT2D eigenvalue weighted by Gasteiger charge is 2.13. The molecule has 0 unspecified atom stereocenters. The van der Waals surface area contributed by atoms with Crippen LogP contribution in [0.4, 0.5) is 0 Å². The number of carbonyl (C=O) groups is 2. The molecule has 0 radical (unpaired) electrons. The van der Waals surface area contributed by atoms with E-state index in [4.69, 9.17) is 0 Å². The van der Waals surface area contributed by atoms with Gasteiger partial charge in [0.25, 0.3) is 5.91 Å². The van der Waals surface area contributed by atoms with Gasteiger partial charge in [0.05, 0.1) is 5.69 Å². The van der Waals surface area contributed by atoms with Gasteiger partial charge in [0.1, 0.15) is 5.70 Å². The van der Waals surface area contributed by atoms with Gasteiger partial charge in [-0.25, -0.2) is 4.79 Å². The summed E-state index contributed by atoms with van der Waals surface area (Å²) in [7, 11) is 0. The van der Waals surface area contributed by atoms with Crippen molar-refractivity contribution in [3.8, 4) is 11.3 Å². The highest BCUT2D eigenvalue weighted by molar-refractivity contribution is 6.02. The number of aliphatic carboxylic acids is 1. The minimum Gasteiger partial charge on any atom is -0.477 e. The van der Waals surface area contributed by atoms with Gasteiger partial charge in [-0.2, -0.15) is 0 Å². The number of hydrogen-bond donors (Lipinski definition) is 2. The maximum Gasteiger partial charge on any atom is 0.352 e. The van der Waals surface area contributed by atoms with E-state index in [2.05, 4.69) is 10.3 Å². The number of carboxylic acids is 1. The van der Waals surface area contributed by atoms with Gasteiger partial charge in [0.2, 0.25) is 0 Å². The monoisotopic (exact) mass is 344 g/mol. The summed E-state index contributed by atoms with van der Waals surface area (Å²) in [5.41, 5.74) is 2.49. The molecule has 26 heavy (non-hydrogen) atoms. The van der Waals surface area contributed by atoms with E-state index in [0.29, 0.717) is 11.1 Å². The lowest BCUT2D eigenvalue weighted by Gasteiger charge is -2.07. The Bertz CT molecular complexity index is 951. The number of nitrogens with zero attached hydrogens (tertiary/aromatic N) is 1. The van der Waals surface area contributed by atoms with Crippen molar-refractivity contribution in [1.82, 2.24) is 10.3 Å². The summed E-state index contributed by atoms with van der Waals surface area (Å²) in [6, 6.07) is 21.3. The van der Waals surface area contributed by atoms with E-state index in [1.54, 1.807) is 42.6 Å². The van der Waals surface area contributed by atoms with E-state index >= 15 is 0 Å². The van der Waals surface area contributed by atoms with E-state index in [1.165, 1.54) is 6.08 Å². The number of pyridine rings is 1. The summed E-state index contributed by atoms with van der Waals surface area (Å²) in [4.78, 5) is 28.0. The van der Waals surface area contributed by atoms with Crippen molar-refractivity contribution in [3.63, 3.8) is 0 Å². The number of amides is 1. The van der Waals surface area contributed by atoms with Gasteiger partial charge in [-0.05, 0) is 42.0 Å². The minimum atomic E-state index is -1.21. The van der Waals surface area contributed by atoms with Crippen molar-refractivity contribution in [2.24, 2.45) is 0 Å². The molecule has 0 saturated heterocycles. The second kappa shape index (κ2) is 7.90. The molecule has 5 heteroatoms. The van der Waals surface area contributed by atoms with Crippen LogP contribution < -0.4 is 5.32 Å². The molecule has 0 aliphatic heterocycles. The van der Waals surface area contributed by atoms with Crippen LogP contribution in [0.5, 0.6) is 0 Å². The fraction of sp³-hybridized carbons (Fsp3) is 0. The molecule has 0 spiro atoms. The van der Waals surface area contributed by atoms with Crippen LogP contribution in [0.2, 0.25) is 0 Å². The normalized spacial score (nSPS) is 11.0. The van der Waals surface area contributed by atoms with Crippen LogP contribution in [0.3, 0.4) is 0 Å². The number of aromatic nitrogens is 1. The maximum absolute atomic E-state index is 12.2. The van der Waals surface area contributed by atoms with Crippen molar-refractivity contribution >= 4 is 18.0 Å². The molecule has 1 amide bonds. The van der Waals surface area contributed by atoms with Gasteiger partial charge in [-0.1, -0.05) is 42.5 Å².